The second kappa shape index (κ2) is 7.57. The zero-order chi connectivity index (χ0) is 16.1. The minimum absolute atomic E-state index is 0.211. The quantitative estimate of drug-likeness (QED) is 0.646. The molecule has 2 aromatic carbocycles. The van der Waals surface area contributed by atoms with E-state index in [4.69, 9.17) is 0 Å². The first-order chi connectivity index (χ1) is 11.2. The number of rotatable bonds is 6. The summed E-state index contributed by atoms with van der Waals surface area (Å²) in [5.74, 6) is 0.546. The first-order valence-corrected chi connectivity index (χ1v) is 8.99. The lowest BCUT2D eigenvalue weighted by Crippen LogP contribution is -1.98. The molecule has 23 heavy (non-hydrogen) atoms. The Morgan fingerprint density at radius 3 is 2.43 bits per heavy atom. The molecule has 3 nitrogen and oxygen atoms in total. The van der Waals surface area contributed by atoms with Gasteiger partial charge in [-0.05, 0) is 30.2 Å². The Morgan fingerprint density at radius 2 is 1.70 bits per heavy atom. The van der Waals surface area contributed by atoms with Crippen LogP contribution in [-0.2, 0) is 12.3 Å². The first kappa shape index (κ1) is 16.0. The molecule has 1 N–H and O–H groups in total. The fourth-order valence-corrected chi connectivity index (χ4v) is 3.65. The molecule has 0 amide bonds. The third-order valence-corrected chi connectivity index (χ3v) is 5.33. The minimum Gasteiger partial charge on any atom is -0.356 e. The van der Waals surface area contributed by atoms with Gasteiger partial charge in [-0.15, -0.1) is 10.2 Å². The highest BCUT2D eigenvalue weighted by Gasteiger charge is 2.05. The van der Waals surface area contributed by atoms with Crippen molar-refractivity contribution in [2.45, 2.75) is 23.6 Å². The zero-order valence-corrected chi connectivity index (χ0v) is 14.3. The van der Waals surface area contributed by atoms with Crippen LogP contribution in [0.4, 0.5) is 9.52 Å². The first-order valence-electron chi connectivity index (χ1n) is 7.19. The van der Waals surface area contributed by atoms with Crippen LogP contribution >= 0.6 is 23.1 Å². The van der Waals surface area contributed by atoms with E-state index in [-0.39, 0.29) is 5.82 Å². The largest absolute Gasteiger partial charge is 0.356 e. The molecule has 3 aromatic rings. The molecule has 118 valence electrons. The summed E-state index contributed by atoms with van der Waals surface area (Å²) >= 11 is 3.14. The van der Waals surface area contributed by atoms with E-state index >= 15 is 0 Å². The standard InChI is InChI=1S/C17H16FN3S2/c1-12-2-4-13(5-3-12)10-19-16-20-21-17(23-16)22-11-14-6-8-15(18)9-7-14/h2-9H,10-11H2,1H3,(H,19,20). The molecule has 0 aliphatic heterocycles. The van der Waals surface area contributed by atoms with Crippen LogP contribution < -0.4 is 5.32 Å². The van der Waals surface area contributed by atoms with Crippen molar-refractivity contribution in [2.75, 3.05) is 5.32 Å². The molecular formula is C17H16FN3S2. The van der Waals surface area contributed by atoms with Crippen molar-refractivity contribution in [3.8, 4) is 0 Å². The number of aromatic nitrogens is 2. The number of anilines is 1. The van der Waals surface area contributed by atoms with E-state index in [1.54, 1.807) is 23.9 Å². The van der Waals surface area contributed by atoms with Gasteiger partial charge in [-0.2, -0.15) is 0 Å². The Hall–Kier alpha value is -1.92. The van der Waals surface area contributed by atoms with E-state index in [2.05, 4.69) is 46.7 Å². The maximum Gasteiger partial charge on any atom is 0.206 e. The summed E-state index contributed by atoms with van der Waals surface area (Å²) < 4.78 is 13.8. The molecule has 1 heterocycles. The zero-order valence-electron chi connectivity index (χ0n) is 12.6. The van der Waals surface area contributed by atoms with Gasteiger partial charge in [0.2, 0.25) is 5.13 Å². The van der Waals surface area contributed by atoms with Gasteiger partial charge in [0.1, 0.15) is 5.82 Å². The van der Waals surface area contributed by atoms with Gasteiger partial charge in [0, 0.05) is 12.3 Å². The molecule has 0 radical (unpaired) electrons. The van der Waals surface area contributed by atoms with E-state index in [1.165, 1.54) is 34.6 Å². The van der Waals surface area contributed by atoms with Gasteiger partial charge >= 0.3 is 0 Å². The lowest BCUT2D eigenvalue weighted by molar-refractivity contribution is 0.627. The Labute approximate surface area is 143 Å². The molecule has 0 spiro atoms. The molecule has 6 heteroatoms. The van der Waals surface area contributed by atoms with Crippen molar-refractivity contribution < 1.29 is 4.39 Å². The predicted octanol–water partition coefficient (Wildman–Crippen LogP) is 4.89. The van der Waals surface area contributed by atoms with Gasteiger partial charge in [-0.25, -0.2) is 4.39 Å². The summed E-state index contributed by atoms with van der Waals surface area (Å²) in [7, 11) is 0. The SMILES string of the molecule is Cc1ccc(CNc2nnc(SCc3ccc(F)cc3)s2)cc1. The van der Waals surface area contributed by atoms with Crippen molar-refractivity contribution in [2.24, 2.45) is 0 Å². The maximum atomic E-state index is 12.9. The summed E-state index contributed by atoms with van der Waals surface area (Å²) in [5.41, 5.74) is 3.54. The number of hydrogen-bond donors (Lipinski definition) is 1. The summed E-state index contributed by atoms with van der Waals surface area (Å²) in [6.07, 6.45) is 0. The van der Waals surface area contributed by atoms with Crippen LogP contribution in [0.5, 0.6) is 0 Å². The second-order valence-electron chi connectivity index (χ2n) is 5.13. The van der Waals surface area contributed by atoms with Crippen molar-refractivity contribution in [1.29, 1.82) is 0 Å². The van der Waals surface area contributed by atoms with Gasteiger partial charge in [0.05, 0.1) is 0 Å². The molecule has 0 aliphatic rings. The fraction of sp³-hybridized carbons (Fsp3) is 0.176. The van der Waals surface area contributed by atoms with E-state index < -0.39 is 0 Å². The number of nitrogens with one attached hydrogen (secondary N) is 1. The third-order valence-electron chi connectivity index (χ3n) is 3.25. The van der Waals surface area contributed by atoms with Crippen molar-refractivity contribution in [3.05, 3.63) is 71.0 Å². The Bertz CT molecular complexity index is 690. The smallest absolute Gasteiger partial charge is 0.206 e. The number of nitrogens with zero attached hydrogens (tertiary/aromatic N) is 2. The summed E-state index contributed by atoms with van der Waals surface area (Å²) in [6, 6.07) is 14.9. The van der Waals surface area contributed by atoms with Gasteiger partial charge in [-0.1, -0.05) is 65.1 Å². The van der Waals surface area contributed by atoms with Crippen molar-refractivity contribution in [1.82, 2.24) is 10.2 Å². The van der Waals surface area contributed by atoms with E-state index in [0.717, 1.165) is 27.3 Å². The Kier molecular flexibility index (Phi) is 5.25. The Morgan fingerprint density at radius 1 is 1.00 bits per heavy atom. The van der Waals surface area contributed by atoms with Crippen LogP contribution in [0.25, 0.3) is 0 Å². The molecule has 3 rings (SSSR count). The van der Waals surface area contributed by atoms with Gasteiger partial charge in [-0.3, -0.25) is 0 Å². The topological polar surface area (TPSA) is 37.8 Å². The van der Waals surface area contributed by atoms with Crippen LogP contribution in [0.15, 0.2) is 52.9 Å². The van der Waals surface area contributed by atoms with E-state index in [1.807, 2.05) is 0 Å². The van der Waals surface area contributed by atoms with Crippen LogP contribution in [0.2, 0.25) is 0 Å². The minimum atomic E-state index is -0.211. The number of aryl methyl sites for hydroxylation is 1. The van der Waals surface area contributed by atoms with Crippen molar-refractivity contribution in [3.63, 3.8) is 0 Å². The van der Waals surface area contributed by atoms with Crippen LogP contribution in [0.3, 0.4) is 0 Å². The highest BCUT2D eigenvalue weighted by Crippen LogP contribution is 2.28. The molecular weight excluding hydrogens is 329 g/mol. The maximum absolute atomic E-state index is 12.9. The lowest BCUT2D eigenvalue weighted by Gasteiger charge is -2.02. The van der Waals surface area contributed by atoms with Crippen LogP contribution in [0.1, 0.15) is 16.7 Å². The number of halogens is 1. The number of thioether (sulfide) groups is 1. The normalized spacial score (nSPS) is 10.7. The van der Waals surface area contributed by atoms with Gasteiger partial charge in [0.15, 0.2) is 4.34 Å². The average molecular weight is 345 g/mol. The highest BCUT2D eigenvalue weighted by atomic mass is 32.2. The molecule has 0 aliphatic carbocycles. The molecule has 0 unspecified atom stereocenters. The second-order valence-corrected chi connectivity index (χ2v) is 7.33. The highest BCUT2D eigenvalue weighted by molar-refractivity contribution is 8.00. The average Bonchev–Trinajstić information content (AvgIpc) is 3.02. The summed E-state index contributed by atoms with van der Waals surface area (Å²) in [5, 5.41) is 12.4. The summed E-state index contributed by atoms with van der Waals surface area (Å²) in [4.78, 5) is 0. The molecule has 0 fully saturated rings. The molecule has 0 saturated heterocycles. The lowest BCUT2D eigenvalue weighted by atomic mass is 10.1. The van der Waals surface area contributed by atoms with Crippen LogP contribution in [-0.4, -0.2) is 10.2 Å². The predicted molar refractivity (Wildman–Crippen MR) is 94.4 cm³/mol. The van der Waals surface area contributed by atoms with E-state index in [9.17, 15) is 4.39 Å². The molecule has 1 aromatic heterocycles. The molecule has 0 bridgehead atoms. The van der Waals surface area contributed by atoms with Crippen LogP contribution in [0, 0.1) is 12.7 Å². The fourth-order valence-electron chi connectivity index (χ4n) is 1.95. The van der Waals surface area contributed by atoms with Gasteiger partial charge < -0.3 is 5.32 Å². The molecule has 0 atom stereocenters. The monoisotopic (exact) mass is 345 g/mol. The van der Waals surface area contributed by atoms with Gasteiger partial charge in [0.25, 0.3) is 0 Å². The summed E-state index contributed by atoms with van der Waals surface area (Å²) in [6.45, 7) is 2.81. The number of benzene rings is 2. The van der Waals surface area contributed by atoms with E-state index in [0.29, 0.717) is 0 Å². The Balaban J connectivity index is 1.51. The van der Waals surface area contributed by atoms with Crippen molar-refractivity contribution >= 4 is 28.2 Å². The third kappa shape index (κ3) is 4.77. The molecule has 0 saturated carbocycles. The number of hydrogen-bond acceptors (Lipinski definition) is 5.